The standard InChI is InChI=1S/C16H21NO4/c1-10(2)21-13-5-3-4-11(8-13)9-14(18)17-15(16(19)20)12-6-7-12/h3-5,8,10,12,15H,6-7,9H2,1-2H3,(H,17,18)(H,19,20). The molecule has 1 atom stereocenters. The summed E-state index contributed by atoms with van der Waals surface area (Å²) in [6, 6.07) is 6.56. The van der Waals surface area contributed by atoms with E-state index in [0.29, 0.717) is 5.75 Å². The molecule has 1 aliphatic carbocycles. The van der Waals surface area contributed by atoms with Crippen molar-refractivity contribution >= 4 is 11.9 Å². The Morgan fingerprint density at radius 3 is 2.67 bits per heavy atom. The molecule has 0 aromatic heterocycles. The predicted molar refractivity (Wildman–Crippen MR) is 78.2 cm³/mol. The molecule has 0 aliphatic heterocycles. The van der Waals surface area contributed by atoms with Crippen molar-refractivity contribution in [2.75, 3.05) is 0 Å². The van der Waals surface area contributed by atoms with Gasteiger partial charge in [-0.15, -0.1) is 0 Å². The van der Waals surface area contributed by atoms with Crippen molar-refractivity contribution in [1.82, 2.24) is 5.32 Å². The summed E-state index contributed by atoms with van der Waals surface area (Å²) in [5.41, 5.74) is 0.811. The maximum absolute atomic E-state index is 12.0. The van der Waals surface area contributed by atoms with Crippen molar-refractivity contribution < 1.29 is 19.4 Å². The number of rotatable bonds is 7. The average Bonchev–Trinajstić information content (AvgIpc) is 3.19. The van der Waals surface area contributed by atoms with Crippen molar-refractivity contribution in [3.63, 3.8) is 0 Å². The lowest BCUT2D eigenvalue weighted by Gasteiger charge is -2.14. The molecule has 1 fully saturated rings. The van der Waals surface area contributed by atoms with Gasteiger partial charge in [0.25, 0.3) is 0 Å². The quantitative estimate of drug-likeness (QED) is 0.805. The normalized spacial score (nSPS) is 15.6. The van der Waals surface area contributed by atoms with Crippen molar-refractivity contribution in [3.8, 4) is 5.75 Å². The van der Waals surface area contributed by atoms with E-state index in [0.717, 1.165) is 18.4 Å². The summed E-state index contributed by atoms with van der Waals surface area (Å²) in [7, 11) is 0. The average molecular weight is 291 g/mol. The number of carboxylic acid groups (broad SMARTS) is 1. The zero-order valence-corrected chi connectivity index (χ0v) is 12.3. The Bertz CT molecular complexity index is 523. The molecule has 0 radical (unpaired) electrons. The molecule has 0 heterocycles. The molecule has 1 aromatic rings. The molecule has 5 heteroatoms. The number of hydrogen-bond donors (Lipinski definition) is 2. The van der Waals surface area contributed by atoms with Gasteiger partial charge in [-0.3, -0.25) is 4.79 Å². The van der Waals surface area contributed by atoms with E-state index in [2.05, 4.69) is 5.32 Å². The van der Waals surface area contributed by atoms with Crippen LogP contribution in [0.25, 0.3) is 0 Å². The molecule has 2 N–H and O–H groups in total. The molecule has 1 aliphatic rings. The smallest absolute Gasteiger partial charge is 0.326 e. The predicted octanol–water partition coefficient (Wildman–Crippen LogP) is 2.00. The highest BCUT2D eigenvalue weighted by Gasteiger charge is 2.37. The molecule has 114 valence electrons. The van der Waals surface area contributed by atoms with Gasteiger partial charge in [-0.05, 0) is 50.3 Å². The molecule has 0 saturated heterocycles. The van der Waals surface area contributed by atoms with Crippen molar-refractivity contribution in [2.45, 2.75) is 45.3 Å². The van der Waals surface area contributed by atoms with Gasteiger partial charge in [0.2, 0.25) is 5.91 Å². The Morgan fingerprint density at radius 2 is 2.10 bits per heavy atom. The van der Waals surface area contributed by atoms with Gasteiger partial charge in [-0.2, -0.15) is 0 Å². The van der Waals surface area contributed by atoms with Crippen LogP contribution in [0, 0.1) is 5.92 Å². The van der Waals surface area contributed by atoms with E-state index >= 15 is 0 Å². The van der Waals surface area contributed by atoms with Crippen LogP contribution in [0.2, 0.25) is 0 Å². The van der Waals surface area contributed by atoms with Gasteiger partial charge in [0.05, 0.1) is 12.5 Å². The third kappa shape index (κ3) is 4.77. The Morgan fingerprint density at radius 1 is 1.38 bits per heavy atom. The first-order valence-corrected chi connectivity index (χ1v) is 7.23. The first-order chi connectivity index (χ1) is 9.95. The SMILES string of the molecule is CC(C)Oc1cccc(CC(=O)NC(C(=O)O)C2CC2)c1. The second-order valence-electron chi connectivity index (χ2n) is 5.71. The lowest BCUT2D eigenvalue weighted by molar-refractivity contribution is -0.142. The second-order valence-corrected chi connectivity index (χ2v) is 5.71. The van der Waals surface area contributed by atoms with Crippen LogP contribution in [-0.2, 0) is 16.0 Å². The number of hydrogen-bond acceptors (Lipinski definition) is 3. The number of ether oxygens (including phenoxy) is 1. The summed E-state index contributed by atoms with van der Waals surface area (Å²) in [5, 5.41) is 11.7. The zero-order chi connectivity index (χ0) is 15.4. The van der Waals surface area contributed by atoms with Crippen LogP contribution in [0.1, 0.15) is 32.3 Å². The topological polar surface area (TPSA) is 75.6 Å². The molecule has 1 aromatic carbocycles. The van der Waals surface area contributed by atoms with Gasteiger partial charge in [0.1, 0.15) is 11.8 Å². The highest BCUT2D eigenvalue weighted by Crippen LogP contribution is 2.32. The third-order valence-corrected chi connectivity index (χ3v) is 3.31. The molecule has 0 bridgehead atoms. The third-order valence-electron chi connectivity index (χ3n) is 3.31. The van der Waals surface area contributed by atoms with E-state index < -0.39 is 12.0 Å². The minimum absolute atomic E-state index is 0.0698. The van der Waals surface area contributed by atoms with E-state index in [4.69, 9.17) is 9.84 Å². The lowest BCUT2D eigenvalue weighted by atomic mass is 10.1. The van der Waals surface area contributed by atoms with Gasteiger partial charge < -0.3 is 15.2 Å². The number of aliphatic carboxylic acids is 1. The maximum Gasteiger partial charge on any atom is 0.326 e. The van der Waals surface area contributed by atoms with Gasteiger partial charge >= 0.3 is 5.97 Å². The second kappa shape index (κ2) is 6.61. The molecule has 1 saturated carbocycles. The highest BCUT2D eigenvalue weighted by molar-refractivity contribution is 5.85. The number of carbonyl (C=O) groups excluding carboxylic acids is 1. The zero-order valence-electron chi connectivity index (χ0n) is 12.3. The molecule has 21 heavy (non-hydrogen) atoms. The van der Waals surface area contributed by atoms with Gasteiger partial charge in [0, 0.05) is 0 Å². The molecule has 1 unspecified atom stereocenters. The van der Waals surface area contributed by atoms with Crippen LogP contribution in [0.3, 0.4) is 0 Å². The first-order valence-electron chi connectivity index (χ1n) is 7.23. The van der Waals surface area contributed by atoms with E-state index in [1.165, 1.54) is 0 Å². The number of carboxylic acids is 1. The van der Waals surface area contributed by atoms with Crippen LogP contribution in [0.15, 0.2) is 24.3 Å². The minimum atomic E-state index is -0.956. The van der Waals surface area contributed by atoms with E-state index in [9.17, 15) is 9.59 Å². The Hall–Kier alpha value is -2.04. The largest absolute Gasteiger partial charge is 0.491 e. The molecular formula is C16H21NO4. The number of benzene rings is 1. The summed E-state index contributed by atoms with van der Waals surface area (Å²) in [4.78, 5) is 23.1. The maximum atomic E-state index is 12.0. The van der Waals surface area contributed by atoms with Gasteiger partial charge in [-0.1, -0.05) is 12.1 Å². The van der Waals surface area contributed by atoms with E-state index in [1.54, 1.807) is 0 Å². The highest BCUT2D eigenvalue weighted by atomic mass is 16.5. The summed E-state index contributed by atoms with van der Waals surface area (Å²) in [6.45, 7) is 3.87. The fourth-order valence-corrected chi connectivity index (χ4v) is 2.22. The van der Waals surface area contributed by atoms with Crippen LogP contribution in [0.5, 0.6) is 5.75 Å². The molecule has 2 rings (SSSR count). The minimum Gasteiger partial charge on any atom is -0.491 e. The lowest BCUT2D eigenvalue weighted by Crippen LogP contribution is -2.43. The fourth-order valence-electron chi connectivity index (χ4n) is 2.22. The van der Waals surface area contributed by atoms with Crippen molar-refractivity contribution in [2.24, 2.45) is 5.92 Å². The Labute approximate surface area is 124 Å². The summed E-state index contributed by atoms with van der Waals surface area (Å²) in [6.07, 6.45) is 1.97. The van der Waals surface area contributed by atoms with E-state index in [-0.39, 0.29) is 24.3 Å². The summed E-state index contributed by atoms with van der Waals surface area (Å²) < 4.78 is 5.58. The fraction of sp³-hybridized carbons (Fsp3) is 0.500. The molecule has 1 amide bonds. The Balaban J connectivity index is 1.94. The Kier molecular flexibility index (Phi) is 4.83. The van der Waals surface area contributed by atoms with E-state index in [1.807, 2.05) is 38.1 Å². The van der Waals surface area contributed by atoms with Crippen LogP contribution < -0.4 is 10.1 Å². The monoisotopic (exact) mass is 291 g/mol. The van der Waals surface area contributed by atoms with Crippen molar-refractivity contribution in [3.05, 3.63) is 29.8 Å². The first kappa shape index (κ1) is 15.4. The van der Waals surface area contributed by atoms with Crippen molar-refractivity contribution in [1.29, 1.82) is 0 Å². The van der Waals surface area contributed by atoms with Gasteiger partial charge in [0.15, 0.2) is 0 Å². The van der Waals surface area contributed by atoms with Crippen LogP contribution >= 0.6 is 0 Å². The molecular weight excluding hydrogens is 270 g/mol. The number of nitrogens with one attached hydrogen (secondary N) is 1. The van der Waals surface area contributed by atoms with Crippen LogP contribution in [-0.4, -0.2) is 29.1 Å². The molecule has 0 spiro atoms. The number of amides is 1. The summed E-state index contributed by atoms with van der Waals surface area (Å²) >= 11 is 0. The summed E-state index contributed by atoms with van der Waals surface area (Å²) in [5.74, 6) is -0.423. The van der Waals surface area contributed by atoms with Gasteiger partial charge in [-0.25, -0.2) is 4.79 Å². The van der Waals surface area contributed by atoms with Crippen LogP contribution in [0.4, 0.5) is 0 Å². The number of carbonyl (C=O) groups is 2. The molecule has 5 nitrogen and oxygen atoms in total.